The van der Waals surface area contributed by atoms with Gasteiger partial charge in [-0.1, -0.05) is 6.08 Å². The monoisotopic (exact) mass is 210 g/mol. The summed E-state index contributed by atoms with van der Waals surface area (Å²) in [5.41, 5.74) is 2.37. The van der Waals surface area contributed by atoms with Crippen LogP contribution in [0.4, 0.5) is 5.69 Å². The number of nitrogens with one attached hydrogen (secondary N) is 1. The minimum Gasteiger partial charge on any atom is -0.286 e. The van der Waals surface area contributed by atoms with Gasteiger partial charge in [0.25, 0.3) is 0 Å². The van der Waals surface area contributed by atoms with Crippen LogP contribution in [0.3, 0.4) is 0 Å². The quantitative estimate of drug-likeness (QED) is 0.596. The van der Waals surface area contributed by atoms with Crippen molar-refractivity contribution in [3.05, 3.63) is 36.9 Å². The predicted molar refractivity (Wildman–Crippen MR) is 54.4 cm³/mol. The predicted octanol–water partition coefficient (Wildman–Crippen LogP) is 1.04. The van der Waals surface area contributed by atoms with Crippen molar-refractivity contribution < 1.29 is 8.42 Å². The molecule has 0 fully saturated rings. The second kappa shape index (κ2) is 4.26. The summed E-state index contributed by atoms with van der Waals surface area (Å²) in [4.78, 5) is 0.219. The van der Waals surface area contributed by atoms with Crippen LogP contribution in [0.1, 0.15) is 0 Å². The zero-order valence-electron chi connectivity index (χ0n) is 7.47. The standard InChI is InChI=1S/C9H10N2O2S/c1-2-7-14(12,13)9-5-3-8(11-10)4-6-9/h2-6,11H,1,7H2. The van der Waals surface area contributed by atoms with Gasteiger partial charge in [-0.25, -0.2) is 8.42 Å². The average molecular weight is 210 g/mol. The zero-order chi connectivity index (χ0) is 10.6. The van der Waals surface area contributed by atoms with Crippen LogP contribution in [-0.2, 0) is 9.84 Å². The van der Waals surface area contributed by atoms with Gasteiger partial charge in [0, 0.05) is 0 Å². The van der Waals surface area contributed by atoms with Crippen LogP contribution in [0.25, 0.3) is 0 Å². The molecule has 0 amide bonds. The highest BCUT2D eigenvalue weighted by molar-refractivity contribution is 7.91. The van der Waals surface area contributed by atoms with Crippen molar-refractivity contribution in [1.29, 1.82) is 0 Å². The molecule has 1 aromatic carbocycles. The molecule has 1 aromatic rings. The van der Waals surface area contributed by atoms with Crippen molar-refractivity contribution in [1.82, 2.24) is 5.84 Å². The summed E-state index contributed by atoms with van der Waals surface area (Å²) < 4.78 is 23.0. The second-order valence-corrected chi connectivity index (χ2v) is 4.74. The van der Waals surface area contributed by atoms with E-state index in [0.717, 1.165) is 0 Å². The van der Waals surface area contributed by atoms with Crippen LogP contribution in [0.2, 0.25) is 0 Å². The molecule has 4 nitrogen and oxygen atoms in total. The molecule has 74 valence electrons. The topological polar surface area (TPSA) is 68.5 Å². The van der Waals surface area contributed by atoms with E-state index in [2.05, 4.69) is 6.58 Å². The van der Waals surface area contributed by atoms with Gasteiger partial charge in [0.05, 0.1) is 16.3 Å². The van der Waals surface area contributed by atoms with Gasteiger partial charge in [0.2, 0.25) is 0 Å². The van der Waals surface area contributed by atoms with Gasteiger partial charge in [0.1, 0.15) is 0 Å². The Kier molecular flexibility index (Phi) is 3.27. The Morgan fingerprint density at radius 2 is 1.93 bits per heavy atom. The zero-order valence-corrected chi connectivity index (χ0v) is 8.29. The smallest absolute Gasteiger partial charge is 0.181 e. The van der Waals surface area contributed by atoms with E-state index in [1.165, 1.54) is 30.3 Å². The highest BCUT2D eigenvalue weighted by Crippen LogP contribution is 2.14. The molecule has 0 unspecified atom stereocenters. The Hall–Kier alpha value is -1.33. The maximum atomic E-state index is 11.5. The van der Waals surface area contributed by atoms with Gasteiger partial charge < -0.3 is 0 Å². The van der Waals surface area contributed by atoms with Crippen molar-refractivity contribution >= 4 is 15.5 Å². The number of hydrogen-bond acceptors (Lipinski definition) is 3. The number of anilines is 1. The van der Waals surface area contributed by atoms with Gasteiger partial charge >= 0.3 is 0 Å². The van der Waals surface area contributed by atoms with E-state index in [9.17, 15) is 8.42 Å². The molecule has 0 spiro atoms. The van der Waals surface area contributed by atoms with Crippen LogP contribution in [0, 0.1) is 0 Å². The summed E-state index contributed by atoms with van der Waals surface area (Å²) in [5, 5.41) is 0. The maximum absolute atomic E-state index is 11.5. The van der Waals surface area contributed by atoms with Gasteiger partial charge in [-0.15, -0.1) is 6.58 Å². The summed E-state index contributed by atoms with van der Waals surface area (Å²) in [6.07, 6.45) is 1.34. The summed E-state index contributed by atoms with van der Waals surface area (Å²) in [6, 6.07) is 5.82. The average Bonchev–Trinajstić information content (AvgIpc) is 2.18. The summed E-state index contributed by atoms with van der Waals surface area (Å²) in [7, 11) is -3.26. The molecular weight excluding hydrogens is 200 g/mol. The third-order valence-electron chi connectivity index (χ3n) is 1.68. The van der Waals surface area contributed by atoms with Gasteiger partial charge in [-0.05, 0) is 30.1 Å². The fourth-order valence-electron chi connectivity index (χ4n) is 0.988. The Morgan fingerprint density at radius 1 is 1.36 bits per heavy atom. The molecule has 0 bridgehead atoms. The normalized spacial score (nSPS) is 10.9. The molecular formula is C9H10N2O2S. The van der Waals surface area contributed by atoms with E-state index in [0.29, 0.717) is 5.69 Å². The largest absolute Gasteiger partial charge is 0.286 e. The molecule has 0 atom stereocenters. The highest BCUT2D eigenvalue weighted by atomic mass is 32.2. The van der Waals surface area contributed by atoms with Crippen LogP contribution >= 0.6 is 0 Å². The molecule has 2 radical (unpaired) electrons. The Labute approximate surface area is 83.3 Å². The number of rotatable bonds is 4. The van der Waals surface area contributed by atoms with E-state index in [-0.39, 0.29) is 10.6 Å². The second-order valence-electron chi connectivity index (χ2n) is 2.71. The van der Waals surface area contributed by atoms with E-state index >= 15 is 0 Å². The van der Waals surface area contributed by atoms with Gasteiger partial charge in [0.15, 0.2) is 9.84 Å². The lowest BCUT2D eigenvalue weighted by atomic mass is 10.3. The molecule has 5 heteroatoms. The van der Waals surface area contributed by atoms with Crippen molar-refractivity contribution in [3.8, 4) is 0 Å². The molecule has 1 N–H and O–H groups in total. The van der Waals surface area contributed by atoms with Crippen molar-refractivity contribution in [2.45, 2.75) is 4.90 Å². The summed E-state index contributed by atoms with van der Waals surface area (Å²) >= 11 is 0. The van der Waals surface area contributed by atoms with Crippen molar-refractivity contribution in [3.63, 3.8) is 0 Å². The molecule has 0 heterocycles. The highest BCUT2D eigenvalue weighted by Gasteiger charge is 2.11. The lowest BCUT2D eigenvalue weighted by Crippen LogP contribution is -2.04. The Balaban J connectivity index is 3.03. The van der Waals surface area contributed by atoms with Crippen LogP contribution in [0.5, 0.6) is 0 Å². The molecule has 0 saturated carbocycles. The van der Waals surface area contributed by atoms with Gasteiger partial charge in [-0.2, -0.15) is 0 Å². The lowest BCUT2D eigenvalue weighted by molar-refractivity contribution is 0.599. The lowest BCUT2D eigenvalue weighted by Gasteiger charge is -2.02. The number of nitrogens with zero attached hydrogens (tertiary/aromatic N) is 1. The van der Waals surface area contributed by atoms with E-state index in [4.69, 9.17) is 5.84 Å². The fourth-order valence-corrected chi connectivity index (χ4v) is 2.04. The van der Waals surface area contributed by atoms with E-state index < -0.39 is 9.84 Å². The molecule has 0 aliphatic rings. The minimum absolute atomic E-state index is 0.0844. The third kappa shape index (κ3) is 2.34. The van der Waals surface area contributed by atoms with Crippen molar-refractivity contribution in [2.75, 3.05) is 11.2 Å². The van der Waals surface area contributed by atoms with Crippen LogP contribution in [-0.4, -0.2) is 14.2 Å². The SMILES string of the molecule is C=CCS(=O)(=O)c1ccc(N[N])cc1. The molecule has 14 heavy (non-hydrogen) atoms. The molecule has 0 aromatic heterocycles. The van der Waals surface area contributed by atoms with Crippen molar-refractivity contribution in [2.24, 2.45) is 0 Å². The van der Waals surface area contributed by atoms with E-state index in [1.54, 1.807) is 0 Å². The third-order valence-corrected chi connectivity index (χ3v) is 3.34. The molecule has 1 rings (SSSR count). The van der Waals surface area contributed by atoms with Crippen LogP contribution < -0.4 is 11.3 Å². The maximum Gasteiger partial charge on any atom is 0.181 e. The first kappa shape index (κ1) is 10.7. The molecule has 0 saturated heterocycles. The number of benzene rings is 1. The first-order valence-electron chi connectivity index (χ1n) is 3.94. The molecule has 0 aliphatic heterocycles. The number of hydrogen-bond donors (Lipinski definition) is 1. The van der Waals surface area contributed by atoms with Crippen LogP contribution in [0.15, 0.2) is 41.8 Å². The number of sulfone groups is 1. The van der Waals surface area contributed by atoms with Gasteiger partial charge in [-0.3, -0.25) is 5.43 Å². The summed E-state index contributed by atoms with van der Waals surface area (Å²) in [5.74, 6) is 8.43. The molecule has 0 aliphatic carbocycles. The Bertz CT molecular complexity index is 409. The Morgan fingerprint density at radius 3 is 2.36 bits per heavy atom. The minimum atomic E-state index is -3.26. The fraction of sp³-hybridized carbons (Fsp3) is 0.111. The van der Waals surface area contributed by atoms with E-state index in [1.807, 2.05) is 5.43 Å². The summed E-state index contributed by atoms with van der Waals surface area (Å²) in [6.45, 7) is 3.37. The first-order valence-corrected chi connectivity index (χ1v) is 5.59. The first-order chi connectivity index (χ1) is 6.60.